The zero-order chi connectivity index (χ0) is 15.9. The molecule has 0 N–H and O–H groups in total. The summed E-state index contributed by atoms with van der Waals surface area (Å²) in [6.07, 6.45) is 0. The summed E-state index contributed by atoms with van der Waals surface area (Å²) in [5.74, 6) is -0.404. The van der Waals surface area contributed by atoms with Crippen molar-refractivity contribution in [1.29, 1.82) is 0 Å². The zero-order valence-corrected chi connectivity index (χ0v) is 13.1. The van der Waals surface area contributed by atoms with Crippen LogP contribution in [-0.4, -0.2) is 18.0 Å². The largest absolute Gasteiger partial charge is 0.325 e. The average Bonchev–Trinajstić information content (AvgIpc) is 2.52. The van der Waals surface area contributed by atoms with Crippen LogP contribution in [0.25, 0.3) is 0 Å². The topological polar surface area (TPSA) is 23.6 Å². The molecule has 0 spiro atoms. The van der Waals surface area contributed by atoms with Crippen LogP contribution in [0.15, 0.2) is 42.5 Å². The number of para-hydroxylation sites is 1. The number of nitrogens with zero attached hydrogens (tertiary/aromatic N) is 2. The quantitative estimate of drug-likeness (QED) is 0.793. The number of rotatable bonds is 2. The Morgan fingerprint density at radius 1 is 1.18 bits per heavy atom. The molecule has 1 atom stereocenters. The van der Waals surface area contributed by atoms with E-state index in [0.717, 1.165) is 11.3 Å². The molecule has 22 heavy (non-hydrogen) atoms. The average molecular weight is 319 g/mol. The van der Waals surface area contributed by atoms with Crippen molar-refractivity contribution in [3.05, 3.63) is 64.4 Å². The van der Waals surface area contributed by atoms with Gasteiger partial charge in [0.25, 0.3) is 0 Å². The highest BCUT2D eigenvalue weighted by Gasteiger charge is 2.33. The van der Waals surface area contributed by atoms with Crippen molar-refractivity contribution in [3.63, 3.8) is 0 Å². The molecule has 1 unspecified atom stereocenters. The Kier molecular flexibility index (Phi) is 3.79. The molecule has 0 radical (unpaired) electrons. The highest BCUT2D eigenvalue weighted by atomic mass is 35.5. The Morgan fingerprint density at radius 2 is 1.91 bits per heavy atom. The van der Waals surface area contributed by atoms with Gasteiger partial charge in [0.2, 0.25) is 0 Å². The molecule has 0 aromatic heterocycles. The normalized spacial score (nSPS) is 17.6. The molecule has 114 valence electrons. The number of anilines is 1. The van der Waals surface area contributed by atoms with Crippen LogP contribution in [0.4, 0.5) is 14.9 Å². The standard InChI is InChI=1S/C17H16ClFN2O/c1-11-12-6-3-4-9-16(12)21(17(22)20(11)2)10-13-14(18)7-5-8-15(13)19/h3-9,11H,10H2,1-2H3. The second-order valence-electron chi connectivity index (χ2n) is 5.41. The van der Waals surface area contributed by atoms with Gasteiger partial charge in [-0.3, -0.25) is 4.90 Å². The van der Waals surface area contributed by atoms with E-state index < -0.39 is 5.82 Å². The fourth-order valence-electron chi connectivity index (χ4n) is 2.75. The number of urea groups is 1. The van der Waals surface area contributed by atoms with Gasteiger partial charge in [0.15, 0.2) is 0 Å². The molecule has 1 aliphatic heterocycles. The highest BCUT2D eigenvalue weighted by molar-refractivity contribution is 6.31. The summed E-state index contributed by atoms with van der Waals surface area (Å²) in [5, 5.41) is 0.326. The van der Waals surface area contributed by atoms with E-state index in [4.69, 9.17) is 11.6 Å². The minimum atomic E-state index is -0.404. The van der Waals surface area contributed by atoms with Crippen LogP contribution in [0.1, 0.15) is 24.1 Å². The molecule has 2 aromatic carbocycles. The summed E-state index contributed by atoms with van der Waals surface area (Å²) >= 11 is 6.10. The van der Waals surface area contributed by atoms with E-state index in [0.29, 0.717) is 10.6 Å². The molecule has 0 bridgehead atoms. The fraction of sp³-hybridized carbons (Fsp3) is 0.235. The predicted octanol–water partition coefficient (Wildman–Crippen LogP) is 4.61. The number of carbonyl (C=O) groups excluding carboxylic acids is 1. The molecule has 0 saturated heterocycles. The van der Waals surface area contributed by atoms with E-state index in [1.54, 1.807) is 29.0 Å². The molecule has 3 nitrogen and oxygen atoms in total. The van der Waals surface area contributed by atoms with Crippen LogP contribution in [0.3, 0.4) is 0 Å². The van der Waals surface area contributed by atoms with Crippen molar-refractivity contribution in [1.82, 2.24) is 4.90 Å². The number of carbonyl (C=O) groups is 1. The van der Waals surface area contributed by atoms with Crippen LogP contribution < -0.4 is 4.90 Å². The summed E-state index contributed by atoms with van der Waals surface area (Å²) in [7, 11) is 1.75. The second kappa shape index (κ2) is 5.61. The van der Waals surface area contributed by atoms with E-state index in [1.807, 2.05) is 31.2 Å². The maximum Gasteiger partial charge on any atom is 0.325 e. The Labute approximate surface area is 133 Å². The van der Waals surface area contributed by atoms with Crippen molar-refractivity contribution < 1.29 is 9.18 Å². The molecular weight excluding hydrogens is 303 g/mol. The summed E-state index contributed by atoms with van der Waals surface area (Å²) in [5.41, 5.74) is 2.17. The van der Waals surface area contributed by atoms with Gasteiger partial charge in [-0.1, -0.05) is 35.9 Å². The minimum absolute atomic E-state index is 0.0176. The minimum Gasteiger partial charge on any atom is -0.321 e. The Balaban J connectivity index is 2.06. The second-order valence-corrected chi connectivity index (χ2v) is 5.82. The van der Waals surface area contributed by atoms with E-state index in [-0.39, 0.29) is 18.6 Å². The number of hydrogen-bond donors (Lipinski definition) is 0. The molecule has 0 fully saturated rings. The highest BCUT2D eigenvalue weighted by Crippen LogP contribution is 2.37. The van der Waals surface area contributed by atoms with Gasteiger partial charge in [0.05, 0.1) is 18.3 Å². The summed E-state index contributed by atoms with van der Waals surface area (Å²) in [4.78, 5) is 15.8. The summed E-state index contributed by atoms with van der Waals surface area (Å²) < 4.78 is 14.0. The monoisotopic (exact) mass is 318 g/mol. The van der Waals surface area contributed by atoms with Gasteiger partial charge >= 0.3 is 6.03 Å². The maximum atomic E-state index is 14.0. The van der Waals surface area contributed by atoms with Crippen LogP contribution >= 0.6 is 11.6 Å². The molecule has 1 heterocycles. The van der Waals surface area contributed by atoms with Gasteiger partial charge in [0, 0.05) is 17.6 Å². The molecule has 0 aliphatic carbocycles. The summed E-state index contributed by atoms with van der Waals surface area (Å²) in [6.45, 7) is 2.09. The third-order valence-corrected chi connectivity index (χ3v) is 4.52. The van der Waals surface area contributed by atoms with Crippen LogP contribution in [0, 0.1) is 5.82 Å². The Bertz CT molecular complexity index is 714. The van der Waals surface area contributed by atoms with Crippen LogP contribution in [0.2, 0.25) is 5.02 Å². The van der Waals surface area contributed by atoms with Gasteiger partial charge in [0.1, 0.15) is 5.82 Å². The SMILES string of the molecule is CC1c2ccccc2N(Cc2c(F)cccc2Cl)C(=O)N1C. The van der Waals surface area contributed by atoms with Crippen LogP contribution in [0.5, 0.6) is 0 Å². The molecule has 0 saturated carbocycles. The molecule has 2 aromatic rings. The predicted molar refractivity (Wildman–Crippen MR) is 85.6 cm³/mol. The molecular formula is C17H16ClFN2O. The number of benzene rings is 2. The van der Waals surface area contributed by atoms with Gasteiger partial charge in [-0.2, -0.15) is 0 Å². The summed E-state index contributed by atoms with van der Waals surface area (Å²) in [6, 6.07) is 12.0. The first-order valence-electron chi connectivity index (χ1n) is 7.07. The molecule has 1 aliphatic rings. The van der Waals surface area contributed by atoms with Gasteiger partial charge in [-0.25, -0.2) is 9.18 Å². The number of fused-ring (bicyclic) bond motifs is 1. The molecule has 5 heteroatoms. The number of amides is 2. The van der Waals surface area contributed by atoms with Gasteiger partial charge < -0.3 is 4.90 Å². The first-order chi connectivity index (χ1) is 10.5. The van der Waals surface area contributed by atoms with E-state index in [9.17, 15) is 9.18 Å². The third-order valence-electron chi connectivity index (χ3n) is 4.17. The van der Waals surface area contributed by atoms with E-state index in [1.165, 1.54) is 6.07 Å². The zero-order valence-electron chi connectivity index (χ0n) is 12.4. The van der Waals surface area contributed by atoms with Crippen molar-refractivity contribution in [3.8, 4) is 0 Å². The lowest BCUT2D eigenvalue weighted by atomic mass is 10.0. The molecule has 2 amide bonds. The van der Waals surface area contributed by atoms with Crippen molar-refractivity contribution in [2.75, 3.05) is 11.9 Å². The Hall–Kier alpha value is -2.07. The number of halogens is 2. The third kappa shape index (κ3) is 2.33. The van der Waals surface area contributed by atoms with Crippen LogP contribution in [-0.2, 0) is 6.54 Å². The lowest BCUT2D eigenvalue weighted by molar-refractivity contribution is 0.196. The Morgan fingerprint density at radius 3 is 2.64 bits per heavy atom. The van der Waals surface area contributed by atoms with Crippen molar-refractivity contribution in [2.24, 2.45) is 0 Å². The van der Waals surface area contributed by atoms with Crippen molar-refractivity contribution >= 4 is 23.3 Å². The van der Waals surface area contributed by atoms with Gasteiger partial charge in [-0.15, -0.1) is 0 Å². The van der Waals surface area contributed by atoms with Gasteiger partial charge in [-0.05, 0) is 30.7 Å². The smallest absolute Gasteiger partial charge is 0.321 e. The van der Waals surface area contributed by atoms with Crippen molar-refractivity contribution in [2.45, 2.75) is 19.5 Å². The first-order valence-corrected chi connectivity index (χ1v) is 7.44. The fourth-order valence-corrected chi connectivity index (χ4v) is 2.97. The lowest BCUT2D eigenvalue weighted by Crippen LogP contribution is -2.46. The van der Waals surface area contributed by atoms with E-state index in [2.05, 4.69) is 0 Å². The lowest BCUT2D eigenvalue weighted by Gasteiger charge is -2.39. The number of hydrogen-bond acceptors (Lipinski definition) is 1. The molecule has 3 rings (SSSR count). The first kappa shape index (κ1) is 14.9. The maximum absolute atomic E-state index is 14.0. The van der Waals surface area contributed by atoms with E-state index >= 15 is 0 Å².